The van der Waals surface area contributed by atoms with Crippen LogP contribution in [0.4, 0.5) is 11.4 Å². The molecule has 4 aliphatic rings. The normalized spacial score (nSPS) is 20.1. The molecule has 2 saturated heterocycles. The Morgan fingerprint density at radius 2 is 1.00 bits per heavy atom. The molecule has 6 rings (SSSR count). The molecule has 0 unspecified atom stereocenters. The van der Waals surface area contributed by atoms with Gasteiger partial charge in [0.15, 0.2) is 0 Å². The number of thioether (sulfide) groups is 2. The average Bonchev–Trinajstić information content (AvgIpc) is 3.21. The van der Waals surface area contributed by atoms with Gasteiger partial charge in [-0.2, -0.15) is 23.5 Å². The van der Waals surface area contributed by atoms with Crippen LogP contribution in [0.2, 0.25) is 0 Å². The maximum atomic E-state index is 12.2. The van der Waals surface area contributed by atoms with Gasteiger partial charge in [-0.15, -0.1) is 0 Å². The van der Waals surface area contributed by atoms with Crippen molar-refractivity contribution in [2.24, 2.45) is 0 Å². The van der Waals surface area contributed by atoms with E-state index in [0.717, 1.165) is 69.0 Å². The molecule has 0 radical (unpaired) electrons. The summed E-state index contributed by atoms with van der Waals surface area (Å²) in [5.41, 5.74) is 3.88. The SMILES string of the molecule is O=C1Nc2ccc(Br)cc2C12CCSCC2.O=C1Nc2ccc(Br)cc2C12CCSCC2.[Na+].[Na+].[S-2]. The maximum absolute atomic E-state index is 12.2. The average molecular weight is 674 g/mol. The minimum Gasteiger partial charge on any atom is -2.00 e. The molecule has 2 fully saturated rings. The van der Waals surface area contributed by atoms with Crippen LogP contribution in [0.25, 0.3) is 0 Å². The molecule has 2 N–H and O–H groups in total. The zero-order valence-electron chi connectivity index (χ0n) is 19.9. The van der Waals surface area contributed by atoms with E-state index in [4.69, 9.17) is 0 Å². The first-order chi connectivity index (χ1) is 15.4. The molecule has 35 heavy (non-hydrogen) atoms. The van der Waals surface area contributed by atoms with Crippen molar-refractivity contribution in [3.05, 3.63) is 56.5 Å². The third-order valence-electron chi connectivity index (χ3n) is 7.05. The molecule has 4 aliphatic heterocycles. The Morgan fingerprint density at radius 1 is 0.657 bits per heavy atom. The number of carbonyl (C=O) groups excluding carboxylic acids is 2. The molecule has 2 aromatic carbocycles. The summed E-state index contributed by atoms with van der Waals surface area (Å²) in [7, 11) is 0. The second kappa shape index (κ2) is 13.6. The van der Waals surface area contributed by atoms with E-state index in [1.165, 1.54) is 11.1 Å². The van der Waals surface area contributed by atoms with Crippen LogP contribution in [0.3, 0.4) is 0 Å². The Labute approximate surface area is 283 Å². The fourth-order valence-corrected chi connectivity index (χ4v) is 8.31. The van der Waals surface area contributed by atoms with Crippen LogP contribution in [0, 0.1) is 0 Å². The first-order valence-electron chi connectivity index (χ1n) is 10.8. The molecule has 2 spiro atoms. The van der Waals surface area contributed by atoms with Crippen LogP contribution in [-0.4, -0.2) is 34.8 Å². The second-order valence-corrected chi connectivity index (χ2v) is 13.0. The standard InChI is InChI=1S/2C12H12BrNOS.2Na.S/c2*13-8-1-2-10-9(7-8)12(11(15)14-10)3-5-16-6-4-12;;;/h2*1-2,7H,3-6H2,(H,14,15);;;/q;;2*+1;-2. The van der Waals surface area contributed by atoms with Crippen molar-refractivity contribution in [3.63, 3.8) is 0 Å². The maximum Gasteiger partial charge on any atom is 1.00 e. The first kappa shape index (κ1) is 32.6. The van der Waals surface area contributed by atoms with Crippen LogP contribution < -0.4 is 69.7 Å². The van der Waals surface area contributed by atoms with Crippen LogP contribution in [0.15, 0.2) is 45.3 Å². The van der Waals surface area contributed by atoms with Crippen molar-refractivity contribution in [2.45, 2.75) is 36.5 Å². The zero-order chi connectivity index (χ0) is 22.3. The van der Waals surface area contributed by atoms with Gasteiger partial charge >= 0.3 is 59.1 Å². The van der Waals surface area contributed by atoms with Gasteiger partial charge in [0.25, 0.3) is 0 Å². The van der Waals surface area contributed by atoms with Crippen LogP contribution >= 0.6 is 55.4 Å². The number of carbonyl (C=O) groups is 2. The molecule has 2 amide bonds. The summed E-state index contributed by atoms with van der Waals surface area (Å²) in [4.78, 5) is 24.4. The summed E-state index contributed by atoms with van der Waals surface area (Å²) in [6.45, 7) is 0. The summed E-state index contributed by atoms with van der Waals surface area (Å²) in [5, 5.41) is 6.03. The fourth-order valence-electron chi connectivity index (χ4n) is 5.20. The van der Waals surface area contributed by atoms with E-state index < -0.39 is 0 Å². The van der Waals surface area contributed by atoms with Crippen LogP contribution in [0.1, 0.15) is 36.8 Å². The van der Waals surface area contributed by atoms with Crippen molar-refractivity contribution in [1.29, 1.82) is 0 Å². The number of hydrogen-bond donors (Lipinski definition) is 2. The third kappa shape index (κ3) is 6.26. The number of halogens is 2. The number of benzene rings is 2. The quantitative estimate of drug-likeness (QED) is 0.397. The largest absolute Gasteiger partial charge is 2.00 e. The van der Waals surface area contributed by atoms with E-state index >= 15 is 0 Å². The molecule has 11 heteroatoms. The molecule has 0 atom stereocenters. The predicted molar refractivity (Wildman–Crippen MR) is 149 cm³/mol. The minimum absolute atomic E-state index is 0. The number of fused-ring (bicyclic) bond motifs is 4. The number of anilines is 2. The van der Waals surface area contributed by atoms with Gasteiger partial charge in [0, 0.05) is 20.3 Å². The van der Waals surface area contributed by atoms with Crippen molar-refractivity contribution in [2.75, 3.05) is 33.6 Å². The molecule has 4 nitrogen and oxygen atoms in total. The van der Waals surface area contributed by atoms with E-state index in [1.807, 2.05) is 47.8 Å². The molecule has 0 bridgehead atoms. The van der Waals surface area contributed by atoms with Crippen molar-refractivity contribution in [3.8, 4) is 0 Å². The van der Waals surface area contributed by atoms with Crippen LogP contribution in [0.5, 0.6) is 0 Å². The van der Waals surface area contributed by atoms with Gasteiger partial charge in [-0.3, -0.25) is 9.59 Å². The predicted octanol–water partition coefficient (Wildman–Crippen LogP) is 0.338. The molecule has 0 aliphatic carbocycles. The number of nitrogens with one attached hydrogen (secondary N) is 2. The van der Waals surface area contributed by atoms with Gasteiger partial charge < -0.3 is 24.1 Å². The summed E-state index contributed by atoms with van der Waals surface area (Å²) >= 11 is 10.9. The smallest absolute Gasteiger partial charge is 1.00 e. The van der Waals surface area contributed by atoms with Crippen LogP contribution in [-0.2, 0) is 33.9 Å². The third-order valence-corrected chi connectivity index (χ3v) is 10.0. The Morgan fingerprint density at radius 3 is 1.34 bits per heavy atom. The van der Waals surface area contributed by atoms with Gasteiger partial charge in [0.05, 0.1) is 10.8 Å². The molecule has 176 valence electrons. The Bertz CT molecular complexity index is 1010. The Hall–Kier alpha value is 1.39. The second-order valence-electron chi connectivity index (χ2n) is 8.68. The van der Waals surface area contributed by atoms with Crippen molar-refractivity contribution < 1.29 is 68.7 Å². The van der Waals surface area contributed by atoms with E-state index in [-0.39, 0.29) is 95.3 Å². The molecule has 0 saturated carbocycles. The summed E-state index contributed by atoms with van der Waals surface area (Å²) in [6, 6.07) is 12.2. The summed E-state index contributed by atoms with van der Waals surface area (Å²) < 4.78 is 2.11. The fraction of sp³-hybridized carbons (Fsp3) is 0.417. The first-order valence-corrected chi connectivity index (χ1v) is 14.7. The summed E-state index contributed by atoms with van der Waals surface area (Å²) in [5.74, 6) is 4.72. The van der Waals surface area contributed by atoms with E-state index in [9.17, 15) is 9.59 Å². The monoisotopic (exact) mass is 672 g/mol. The van der Waals surface area contributed by atoms with E-state index in [2.05, 4.69) is 54.6 Å². The topological polar surface area (TPSA) is 58.2 Å². The zero-order valence-corrected chi connectivity index (χ0v) is 29.5. The van der Waals surface area contributed by atoms with Gasteiger partial charge in [-0.25, -0.2) is 0 Å². The molecular weight excluding hydrogens is 650 g/mol. The number of amides is 2. The van der Waals surface area contributed by atoms with E-state index in [0.29, 0.717) is 0 Å². The number of rotatable bonds is 0. The molecule has 0 aromatic heterocycles. The Balaban J connectivity index is 0.000000227. The number of hydrogen-bond acceptors (Lipinski definition) is 4. The van der Waals surface area contributed by atoms with Gasteiger partial charge in [0.1, 0.15) is 0 Å². The Kier molecular flexibility index (Phi) is 12.7. The van der Waals surface area contributed by atoms with E-state index in [1.54, 1.807) is 0 Å². The van der Waals surface area contributed by atoms with Gasteiger partial charge in [-0.1, -0.05) is 31.9 Å². The molecular formula is C24H24Br2N2Na2O2S3. The summed E-state index contributed by atoms with van der Waals surface area (Å²) in [6.07, 6.45) is 3.86. The molecule has 4 heterocycles. The molecule has 2 aromatic rings. The van der Waals surface area contributed by atoms with Crippen molar-refractivity contribution in [1.82, 2.24) is 0 Å². The van der Waals surface area contributed by atoms with Gasteiger partial charge in [-0.05, 0) is 96.2 Å². The van der Waals surface area contributed by atoms with Crippen molar-refractivity contribution >= 4 is 92.1 Å². The minimum atomic E-state index is -0.246. The van der Waals surface area contributed by atoms with Gasteiger partial charge in [0.2, 0.25) is 11.8 Å².